The highest BCUT2D eigenvalue weighted by atomic mass is 35.5. The Hall–Kier alpha value is -1.78. The summed E-state index contributed by atoms with van der Waals surface area (Å²) in [7, 11) is 0. The van der Waals surface area contributed by atoms with Crippen LogP contribution < -0.4 is 5.32 Å². The molecule has 0 saturated carbocycles. The SMILES string of the molecule is O=C(Nc1cc(Cl)nc(Cl)c1)OCc1ccccc1. The van der Waals surface area contributed by atoms with Gasteiger partial charge in [0.05, 0.1) is 5.69 Å². The van der Waals surface area contributed by atoms with E-state index in [1.807, 2.05) is 30.3 Å². The number of carbonyl (C=O) groups is 1. The van der Waals surface area contributed by atoms with Crippen molar-refractivity contribution in [3.05, 3.63) is 58.3 Å². The number of carbonyl (C=O) groups excluding carboxylic acids is 1. The highest BCUT2D eigenvalue weighted by Gasteiger charge is 2.06. The number of rotatable bonds is 3. The maximum absolute atomic E-state index is 11.6. The van der Waals surface area contributed by atoms with E-state index in [1.54, 1.807) is 0 Å². The molecule has 1 aromatic carbocycles. The quantitative estimate of drug-likeness (QED) is 0.866. The smallest absolute Gasteiger partial charge is 0.411 e. The van der Waals surface area contributed by atoms with Gasteiger partial charge in [-0.15, -0.1) is 0 Å². The summed E-state index contributed by atoms with van der Waals surface area (Å²) >= 11 is 11.4. The predicted octanol–water partition coefficient (Wildman–Crippen LogP) is 4.14. The fourth-order valence-electron chi connectivity index (χ4n) is 1.41. The van der Waals surface area contributed by atoms with Crippen molar-refractivity contribution in [3.8, 4) is 0 Å². The minimum atomic E-state index is -0.581. The van der Waals surface area contributed by atoms with Crippen LogP contribution in [-0.2, 0) is 11.3 Å². The molecule has 0 atom stereocenters. The van der Waals surface area contributed by atoms with Crippen LogP contribution in [0.25, 0.3) is 0 Å². The lowest BCUT2D eigenvalue weighted by atomic mass is 10.2. The van der Waals surface area contributed by atoms with Gasteiger partial charge in [0.1, 0.15) is 16.9 Å². The van der Waals surface area contributed by atoms with Crippen LogP contribution in [0.5, 0.6) is 0 Å². The lowest BCUT2D eigenvalue weighted by molar-refractivity contribution is 0.155. The molecule has 19 heavy (non-hydrogen) atoms. The van der Waals surface area contributed by atoms with Crippen LogP contribution in [-0.4, -0.2) is 11.1 Å². The Kier molecular flexibility index (Phi) is 4.60. The number of nitrogens with zero attached hydrogens (tertiary/aromatic N) is 1. The van der Waals surface area contributed by atoms with Gasteiger partial charge in [-0.3, -0.25) is 5.32 Å². The first kappa shape index (κ1) is 13.6. The van der Waals surface area contributed by atoms with E-state index in [4.69, 9.17) is 27.9 Å². The number of anilines is 1. The topological polar surface area (TPSA) is 51.2 Å². The van der Waals surface area contributed by atoms with Crippen molar-refractivity contribution in [1.29, 1.82) is 0 Å². The van der Waals surface area contributed by atoms with Gasteiger partial charge in [0.15, 0.2) is 0 Å². The largest absolute Gasteiger partial charge is 0.444 e. The molecule has 0 aliphatic rings. The van der Waals surface area contributed by atoms with Crippen molar-refractivity contribution in [1.82, 2.24) is 4.98 Å². The van der Waals surface area contributed by atoms with Crippen LogP contribution in [0, 0.1) is 0 Å². The normalized spacial score (nSPS) is 10.0. The summed E-state index contributed by atoms with van der Waals surface area (Å²) in [6, 6.07) is 12.3. The minimum absolute atomic E-state index is 0.194. The molecule has 2 aromatic rings. The predicted molar refractivity (Wildman–Crippen MR) is 74.5 cm³/mol. The number of aromatic nitrogens is 1. The molecule has 1 heterocycles. The van der Waals surface area contributed by atoms with E-state index in [0.29, 0.717) is 5.69 Å². The van der Waals surface area contributed by atoms with E-state index in [2.05, 4.69) is 10.3 Å². The fourth-order valence-corrected chi connectivity index (χ4v) is 1.87. The molecule has 0 radical (unpaired) electrons. The second-order valence-corrected chi connectivity index (χ2v) is 4.46. The van der Waals surface area contributed by atoms with E-state index in [-0.39, 0.29) is 16.9 Å². The van der Waals surface area contributed by atoms with Gasteiger partial charge in [-0.2, -0.15) is 0 Å². The summed E-state index contributed by atoms with van der Waals surface area (Å²) in [5.41, 5.74) is 1.34. The van der Waals surface area contributed by atoms with Gasteiger partial charge in [-0.25, -0.2) is 9.78 Å². The lowest BCUT2D eigenvalue weighted by Crippen LogP contribution is -2.13. The van der Waals surface area contributed by atoms with Gasteiger partial charge in [0.2, 0.25) is 0 Å². The molecular formula is C13H10Cl2N2O2. The first-order valence-corrected chi connectivity index (χ1v) is 6.20. The van der Waals surface area contributed by atoms with Crippen LogP contribution >= 0.6 is 23.2 Å². The van der Waals surface area contributed by atoms with Gasteiger partial charge < -0.3 is 4.74 Å². The summed E-state index contributed by atoms with van der Waals surface area (Å²) in [5.74, 6) is 0. The Bertz CT molecular complexity index is 556. The van der Waals surface area contributed by atoms with Crippen molar-refractivity contribution in [2.24, 2.45) is 0 Å². The molecule has 2 rings (SSSR count). The molecule has 98 valence electrons. The molecule has 6 heteroatoms. The first-order valence-electron chi connectivity index (χ1n) is 5.44. The van der Waals surface area contributed by atoms with Gasteiger partial charge in [-0.05, 0) is 17.7 Å². The molecule has 0 fully saturated rings. The molecule has 1 N–H and O–H groups in total. The van der Waals surface area contributed by atoms with E-state index < -0.39 is 6.09 Å². The third-order valence-corrected chi connectivity index (χ3v) is 2.61. The number of pyridine rings is 1. The monoisotopic (exact) mass is 296 g/mol. The van der Waals surface area contributed by atoms with Gasteiger partial charge >= 0.3 is 6.09 Å². The van der Waals surface area contributed by atoms with E-state index in [1.165, 1.54) is 12.1 Å². The van der Waals surface area contributed by atoms with E-state index in [0.717, 1.165) is 5.56 Å². The molecule has 1 amide bonds. The molecule has 4 nitrogen and oxygen atoms in total. The average Bonchev–Trinajstić information content (AvgIpc) is 2.36. The summed E-state index contributed by atoms with van der Waals surface area (Å²) in [4.78, 5) is 15.3. The van der Waals surface area contributed by atoms with Crippen molar-refractivity contribution in [3.63, 3.8) is 0 Å². The zero-order valence-electron chi connectivity index (χ0n) is 9.77. The Morgan fingerprint density at radius 2 is 1.79 bits per heavy atom. The Labute approximate surface area is 120 Å². The zero-order valence-corrected chi connectivity index (χ0v) is 11.3. The highest BCUT2D eigenvalue weighted by Crippen LogP contribution is 2.18. The van der Waals surface area contributed by atoms with Crippen molar-refractivity contribution in [2.75, 3.05) is 5.32 Å². The van der Waals surface area contributed by atoms with Crippen LogP contribution in [0.1, 0.15) is 5.56 Å². The molecule has 0 saturated heterocycles. The second kappa shape index (κ2) is 6.41. The molecule has 1 aromatic heterocycles. The number of benzene rings is 1. The average molecular weight is 297 g/mol. The molecule has 0 aliphatic carbocycles. The molecular weight excluding hydrogens is 287 g/mol. The fraction of sp³-hybridized carbons (Fsp3) is 0.0769. The third kappa shape index (κ3) is 4.43. The number of halogens is 2. The summed E-state index contributed by atoms with van der Waals surface area (Å²) in [6.07, 6.45) is -0.581. The summed E-state index contributed by atoms with van der Waals surface area (Å²) in [5, 5.41) is 2.92. The maximum atomic E-state index is 11.6. The lowest BCUT2D eigenvalue weighted by Gasteiger charge is -2.07. The van der Waals surface area contributed by atoms with Crippen molar-refractivity contribution in [2.45, 2.75) is 6.61 Å². The summed E-state index contributed by atoms with van der Waals surface area (Å²) < 4.78 is 5.06. The van der Waals surface area contributed by atoms with E-state index >= 15 is 0 Å². The van der Waals surface area contributed by atoms with Crippen LogP contribution in [0.15, 0.2) is 42.5 Å². The number of ether oxygens (including phenoxy) is 1. The highest BCUT2D eigenvalue weighted by molar-refractivity contribution is 6.32. The van der Waals surface area contributed by atoms with Gasteiger partial charge in [-0.1, -0.05) is 53.5 Å². The molecule has 0 unspecified atom stereocenters. The zero-order chi connectivity index (χ0) is 13.7. The Morgan fingerprint density at radius 3 is 2.42 bits per heavy atom. The Morgan fingerprint density at radius 1 is 1.16 bits per heavy atom. The standard InChI is InChI=1S/C13H10Cl2N2O2/c14-11-6-10(7-12(15)17-11)16-13(18)19-8-9-4-2-1-3-5-9/h1-7H,8H2,(H,16,17,18). The Balaban J connectivity index is 1.91. The van der Waals surface area contributed by atoms with Crippen molar-refractivity contribution < 1.29 is 9.53 Å². The third-order valence-electron chi connectivity index (χ3n) is 2.22. The minimum Gasteiger partial charge on any atom is -0.444 e. The molecule has 0 aliphatic heterocycles. The van der Waals surface area contributed by atoms with Gasteiger partial charge in [0, 0.05) is 0 Å². The molecule has 0 bridgehead atoms. The second-order valence-electron chi connectivity index (χ2n) is 3.69. The van der Waals surface area contributed by atoms with Crippen molar-refractivity contribution >= 4 is 35.0 Å². The number of amides is 1. The van der Waals surface area contributed by atoms with Crippen LogP contribution in [0.2, 0.25) is 10.3 Å². The number of hydrogen-bond donors (Lipinski definition) is 1. The number of hydrogen-bond acceptors (Lipinski definition) is 3. The maximum Gasteiger partial charge on any atom is 0.411 e. The number of nitrogens with one attached hydrogen (secondary N) is 1. The van der Waals surface area contributed by atoms with Crippen LogP contribution in [0.3, 0.4) is 0 Å². The van der Waals surface area contributed by atoms with E-state index in [9.17, 15) is 4.79 Å². The summed E-state index contributed by atoms with van der Waals surface area (Å²) in [6.45, 7) is 0.194. The van der Waals surface area contributed by atoms with Gasteiger partial charge in [0.25, 0.3) is 0 Å². The first-order chi connectivity index (χ1) is 9.13. The van der Waals surface area contributed by atoms with Crippen LogP contribution in [0.4, 0.5) is 10.5 Å². The molecule has 0 spiro atoms.